The number of carbonyl (C=O) groups is 1. The number of ether oxygens (including phenoxy) is 2. The zero-order valence-electron chi connectivity index (χ0n) is 10.1. The third kappa shape index (κ3) is 2.75. The summed E-state index contributed by atoms with van der Waals surface area (Å²) < 4.78 is 10.6. The summed E-state index contributed by atoms with van der Waals surface area (Å²) in [6.45, 7) is 2.14. The molecular formula is C13H18O3. The molecule has 0 saturated carbocycles. The highest BCUT2D eigenvalue weighted by molar-refractivity contribution is 5.77. The molecule has 0 heterocycles. The SMILES string of the molecule is CCCCc1c(OC)cc(C=O)cc1OC. The summed E-state index contributed by atoms with van der Waals surface area (Å²) in [5.41, 5.74) is 1.62. The predicted octanol–water partition coefficient (Wildman–Crippen LogP) is 2.86. The molecule has 0 bridgehead atoms. The van der Waals surface area contributed by atoms with E-state index < -0.39 is 0 Å². The van der Waals surface area contributed by atoms with Gasteiger partial charge >= 0.3 is 0 Å². The Bertz CT molecular complexity index is 333. The van der Waals surface area contributed by atoms with Gasteiger partial charge in [0, 0.05) is 11.1 Å². The third-order valence-electron chi connectivity index (χ3n) is 2.55. The Morgan fingerprint density at radius 3 is 2.12 bits per heavy atom. The van der Waals surface area contributed by atoms with Gasteiger partial charge in [-0.2, -0.15) is 0 Å². The maximum absolute atomic E-state index is 10.8. The lowest BCUT2D eigenvalue weighted by Gasteiger charge is -2.13. The van der Waals surface area contributed by atoms with E-state index in [-0.39, 0.29) is 0 Å². The lowest BCUT2D eigenvalue weighted by atomic mass is 10.0. The first-order valence-corrected chi connectivity index (χ1v) is 5.46. The van der Waals surface area contributed by atoms with Gasteiger partial charge < -0.3 is 9.47 Å². The van der Waals surface area contributed by atoms with Crippen molar-refractivity contribution in [1.82, 2.24) is 0 Å². The van der Waals surface area contributed by atoms with Crippen molar-refractivity contribution in [3.05, 3.63) is 23.3 Å². The van der Waals surface area contributed by atoms with Crippen molar-refractivity contribution in [2.24, 2.45) is 0 Å². The van der Waals surface area contributed by atoms with Crippen LogP contribution in [-0.4, -0.2) is 20.5 Å². The van der Waals surface area contributed by atoms with Crippen LogP contribution in [0.15, 0.2) is 12.1 Å². The molecule has 16 heavy (non-hydrogen) atoms. The van der Waals surface area contributed by atoms with E-state index >= 15 is 0 Å². The molecule has 3 heteroatoms. The van der Waals surface area contributed by atoms with Crippen molar-refractivity contribution < 1.29 is 14.3 Å². The molecule has 1 aromatic carbocycles. The van der Waals surface area contributed by atoms with E-state index in [2.05, 4.69) is 6.92 Å². The largest absolute Gasteiger partial charge is 0.496 e. The van der Waals surface area contributed by atoms with Crippen LogP contribution in [0, 0.1) is 0 Å². The molecule has 0 unspecified atom stereocenters. The third-order valence-corrected chi connectivity index (χ3v) is 2.55. The van der Waals surface area contributed by atoms with Crippen LogP contribution in [0.4, 0.5) is 0 Å². The quantitative estimate of drug-likeness (QED) is 0.694. The van der Waals surface area contributed by atoms with E-state index in [1.807, 2.05) is 0 Å². The normalized spacial score (nSPS) is 9.94. The molecule has 0 atom stereocenters. The fourth-order valence-corrected chi connectivity index (χ4v) is 1.67. The first kappa shape index (κ1) is 12.6. The fourth-order valence-electron chi connectivity index (χ4n) is 1.67. The summed E-state index contributed by atoms with van der Waals surface area (Å²) in [6, 6.07) is 3.50. The zero-order chi connectivity index (χ0) is 12.0. The van der Waals surface area contributed by atoms with Crippen molar-refractivity contribution in [2.75, 3.05) is 14.2 Å². The molecule has 1 aromatic rings. The number of aldehydes is 1. The minimum Gasteiger partial charge on any atom is -0.496 e. The average Bonchev–Trinajstić information content (AvgIpc) is 2.35. The maximum atomic E-state index is 10.8. The molecule has 0 radical (unpaired) electrons. The minimum absolute atomic E-state index is 0.578. The summed E-state index contributed by atoms with van der Waals surface area (Å²) in [4.78, 5) is 10.8. The van der Waals surface area contributed by atoms with Gasteiger partial charge in [-0.3, -0.25) is 4.79 Å². The average molecular weight is 222 g/mol. The van der Waals surface area contributed by atoms with E-state index in [1.54, 1.807) is 26.4 Å². The number of benzene rings is 1. The van der Waals surface area contributed by atoms with E-state index in [4.69, 9.17) is 9.47 Å². The number of hydrogen-bond donors (Lipinski definition) is 0. The summed E-state index contributed by atoms with van der Waals surface area (Å²) in [5.74, 6) is 1.46. The van der Waals surface area contributed by atoms with Crippen molar-refractivity contribution >= 4 is 6.29 Å². The van der Waals surface area contributed by atoms with Gasteiger partial charge in [-0.15, -0.1) is 0 Å². The summed E-state index contributed by atoms with van der Waals surface area (Å²) in [5, 5.41) is 0. The molecule has 0 aliphatic heterocycles. The Hall–Kier alpha value is -1.51. The number of methoxy groups -OCH3 is 2. The van der Waals surface area contributed by atoms with E-state index in [0.717, 1.165) is 42.6 Å². The van der Waals surface area contributed by atoms with Crippen LogP contribution in [0.2, 0.25) is 0 Å². The van der Waals surface area contributed by atoms with Gasteiger partial charge in [-0.1, -0.05) is 13.3 Å². The van der Waals surface area contributed by atoms with E-state index in [9.17, 15) is 4.79 Å². The molecule has 1 rings (SSSR count). The zero-order valence-corrected chi connectivity index (χ0v) is 10.1. The Morgan fingerprint density at radius 1 is 1.19 bits per heavy atom. The van der Waals surface area contributed by atoms with Crippen molar-refractivity contribution in [3.63, 3.8) is 0 Å². The predicted molar refractivity (Wildman–Crippen MR) is 63.5 cm³/mol. The fraction of sp³-hybridized carbons (Fsp3) is 0.462. The van der Waals surface area contributed by atoms with Gasteiger partial charge in [0.05, 0.1) is 14.2 Å². The molecule has 0 aliphatic carbocycles. The van der Waals surface area contributed by atoms with Crippen molar-refractivity contribution in [1.29, 1.82) is 0 Å². The molecule has 3 nitrogen and oxygen atoms in total. The molecule has 0 spiro atoms. The smallest absolute Gasteiger partial charge is 0.150 e. The van der Waals surface area contributed by atoms with Crippen LogP contribution in [0.3, 0.4) is 0 Å². The lowest BCUT2D eigenvalue weighted by Crippen LogP contribution is -1.99. The second kappa shape index (κ2) is 6.16. The first-order chi connectivity index (χ1) is 7.76. The molecule has 0 fully saturated rings. The summed E-state index contributed by atoms with van der Waals surface area (Å²) >= 11 is 0. The number of hydrogen-bond acceptors (Lipinski definition) is 3. The topological polar surface area (TPSA) is 35.5 Å². The van der Waals surface area contributed by atoms with Crippen LogP contribution < -0.4 is 9.47 Å². The first-order valence-electron chi connectivity index (χ1n) is 5.46. The number of unbranched alkanes of at least 4 members (excludes halogenated alkanes) is 1. The molecule has 0 aliphatic rings. The van der Waals surface area contributed by atoms with Gasteiger partial charge in [0.2, 0.25) is 0 Å². The van der Waals surface area contributed by atoms with Gasteiger partial charge in [0.15, 0.2) is 0 Å². The molecule has 0 aromatic heterocycles. The molecule has 0 saturated heterocycles. The summed E-state index contributed by atoms with van der Waals surface area (Å²) in [7, 11) is 3.22. The van der Waals surface area contributed by atoms with Crippen LogP contribution >= 0.6 is 0 Å². The lowest BCUT2D eigenvalue weighted by molar-refractivity contribution is 0.112. The molecule has 0 N–H and O–H groups in total. The van der Waals surface area contributed by atoms with Crippen LogP contribution in [0.5, 0.6) is 11.5 Å². The Kier molecular flexibility index (Phi) is 4.83. The Morgan fingerprint density at radius 2 is 1.75 bits per heavy atom. The van der Waals surface area contributed by atoms with Crippen molar-refractivity contribution in [3.8, 4) is 11.5 Å². The molecule has 0 amide bonds. The van der Waals surface area contributed by atoms with E-state index in [0.29, 0.717) is 5.56 Å². The van der Waals surface area contributed by atoms with E-state index in [1.165, 1.54) is 0 Å². The monoisotopic (exact) mass is 222 g/mol. The highest BCUT2D eigenvalue weighted by Crippen LogP contribution is 2.31. The standard InChI is InChI=1S/C13H18O3/c1-4-5-6-11-12(15-2)7-10(9-14)8-13(11)16-3/h7-9H,4-6H2,1-3H3. The highest BCUT2D eigenvalue weighted by atomic mass is 16.5. The molecule has 88 valence electrons. The minimum atomic E-state index is 0.578. The van der Waals surface area contributed by atoms with Gasteiger partial charge in [0.1, 0.15) is 17.8 Å². The van der Waals surface area contributed by atoms with Crippen molar-refractivity contribution in [2.45, 2.75) is 26.2 Å². The van der Waals surface area contributed by atoms with Crippen LogP contribution in [0.25, 0.3) is 0 Å². The highest BCUT2D eigenvalue weighted by Gasteiger charge is 2.11. The molecular weight excluding hydrogens is 204 g/mol. The summed E-state index contributed by atoms with van der Waals surface area (Å²) in [6.07, 6.45) is 3.89. The Labute approximate surface area is 96.4 Å². The van der Waals surface area contributed by atoms with Gasteiger partial charge in [0.25, 0.3) is 0 Å². The van der Waals surface area contributed by atoms with Gasteiger partial charge in [-0.25, -0.2) is 0 Å². The van der Waals surface area contributed by atoms with Crippen LogP contribution in [-0.2, 0) is 6.42 Å². The maximum Gasteiger partial charge on any atom is 0.150 e. The second-order valence-electron chi connectivity index (χ2n) is 3.63. The number of carbonyl (C=O) groups excluding carboxylic acids is 1. The number of rotatable bonds is 6. The van der Waals surface area contributed by atoms with Gasteiger partial charge in [-0.05, 0) is 25.0 Å². The Balaban J connectivity index is 3.14. The van der Waals surface area contributed by atoms with Crippen LogP contribution in [0.1, 0.15) is 35.7 Å². The second-order valence-corrected chi connectivity index (χ2v) is 3.63.